The molecule has 5 N–H and O–H groups in total. The molecule has 4 aromatic rings. The summed E-state index contributed by atoms with van der Waals surface area (Å²) in [6, 6.07) is 11.8. The minimum atomic E-state index is -3.89. The number of carbonyl (C=O) groups is 4. The first-order valence-corrected chi connectivity index (χ1v) is 25.1. The number of nitrogens with zero attached hydrogens (tertiary/aromatic N) is 4. The van der Waals surface area contributed by atoms with Gasteiger partial charge in [0, 0.05) is 60.9 Å². The number of aliphatic carboxylic acids is 1. The summed E-state index contributed by atoms with van der Waals surface area (Å²) in [7, 11) is -0.866. The third kappa shape index (κ3) is 11.3. The van der Waals surface area contributed by atoms with E-state index in [1.807, 2.05) is 58.2 Å². The van der Waals surface area contributed by atoms with Gasteiger partial charge in [-0.05, 0) is 69.2 Å². The van der Waals surface area contributed by atoms with Crippen LogP contribution in [-0.4, -0.2) is 120 Å². The molecule has 0 radical (unpaired) electrons. The van der Waals surface area contributed by atoms with Gasteiger partial charge in [0.1, 0.15) is 40.9 Å². The Kier molecular flexibility index (Phi) is 14.8. The first-order chi connectivity index (χ1) is 31.8. The maximum Gasteiger partial charge on any atom is 0.330 e. The monoisotopic (exact) mass is 958 g/mol. The van der Waals surface area contributed by atoms with Crippen LogP contribution in [0.25, 0.3) is 22.3 Å². The van der Waals surface area contributed by atoms with Crippen molar-refractivity contribution in [1.82, 2.24) is 35.1 Å². The number of hydrogen-bond acceptors (Lipinski definition) is 12. The summed E-state index contributed by atoms with van der Waals surface area (Å²) < 4.78 is 40.5. The molecular weight excluding hydrogens is 897 g/mol. The molecule has 4 amide bonds. The second kappa shape index (κ2) is 20.2. The number of likely N-dealkylation sites (N-methyl/N-ethyl adjacent to an activating group) is 1. The third-order valence-electron chi connectivity index (χ3n) is 12.6. The van der Waals surface area contributed by atoms with E-state index in [4.69, 9.17) is 19.4 Å². The minimum Gasteiger partial charge on any atom is -0.497 e. The number of thiazole rings is 1. The molecule has 0 spiro atoms. The largest absolute Gasteiger partial charge is 0.497 e. The average molecular weight is 959 g/mol. The van der Waals surface area contributed by atoms with Crippen molar-refractivity contribution in [3.8, 4) is 22.9 Å². The van der Waals surface area contributed by atoms with E-state index in [0.29, 0.717) is 46.6 Å². The number of carbonyl (C=O) groups excluding carboxylic acids is 3. The Balaban J connectivity index is 1.18. The molecule has 17 nitrogen and oxygen atoms in total. The first-order valence-electron chi connectivity index (χ1n) is 22.8. The molecule has 1 saturated carbocycles. The molecule has 2 aromatic carbocycles. The zero-order valence-corrected chi connectivity index (χ0v) is 40.7. The molecule has 6 atom stereocenters. The number of hydrogen-bond donors (Lipinski definition) is 5. The van der Waals surface area contributed by atoms with Gasteiger partial charge in [0.2, 0.25) is 21.8 Å². The molecule has 7 rings (SSSR count). The SMILES string of the molecule is COc1ccc2c(O[C@@H]3C[C@H]4C(=O)N[C@]5(C(=O)O)CC5/C=C\CCCCC[C@@H](NC(=O)N[C@H](CN(C)S(=O)(=O)c5ccccc5)C(C)(C)C)C(=O)N4C3)cc(-c3csc(NC(C)C)n3)nc2c1. The topological polar surface area (TPSA) is 221 Å². The summed E-state index contributed by atoms with van der Waals surface area (Å²) in [5, 5.41) is 25.7. The molecule has 1 saturated heterocycles. The highest BCUT2D eigenvalue weighted by molar-refractivity contribution is 7.89. The minimum absolute atomic E-state index is 0.0233. The number of anilines is 1. The standard InChI is InChI=1S/C48H62N8O9S2/c1-29(2)49-46-52-38(28-66-46)37-24-40(34-21-20-31(64-7)22-36(34)50-37)65-32-23-39-42(57)54-48(44(59)60)25-30(48)16-12-9-8-10-15-19-35(43(58)56(39)26-32)51-45(61)53-41(47(3,4)5)27-55(6)67(62,63)33-17-13-11-14-18-33/h11-14,16-18,20-22,24,28-30,32,35,39,41H,8-10,15,19,23,25-27H2,1-7H3,(H,49,52)(H,54,57)(H,59,60)(H2,51,53,61)/b16-12-/t30?,32-,35-,39+,41-,48-/m1/s1. The number of carboxylic acid groups (broad SMARTS) is 1. The number of methoxy groups -OCH3 is 1. The Morgan fingerprint density at radius 3 is 2.52 bits per heavy atom. The molecule has 2 aromatic heterocycles. The number of sulfonamides is 1. The van der Waals surface area contributed by atoms with Gasteiger partial charge in [-0.15, -0.1) is 11.3 Å². The predicted octanol–water partition coefficient (Wildman–Crippen LogP) is 6.42. The molecule has 1 aliphatic carbocycles. The summed E-state index contributed by atoms with van der Waals surface area (Å²) >= 11 is 1.45. The maximum absolute atomic E-state index is 15.0. The molecule has 3 aliphatic rings. The molecule has 4 heterocycles. The smallest absolute Gasteiger partial charge is 0.330 e. The van der Waals surface area contributed by atoms with Gasteiger partial charge in [-0.2, -0.15) is 4.31 Å². The summed E-state index contributed by atoms with van der Waals surface area (Å²) in [6.07, 6.45) is 6.28. The number of aromatic nitrogens is 2. The van der Waals surface area contributed by atoms with E-state index in [9.17, 15) is 32.7 Å². The predicted molar refractivity (Wildman–Crippen MR) is 256 cm³/mol. The molecular formula is C48H62N8O9S2. The van der Waals surface area contributed by atoms with Crippen LogP contribution in [-0.2, 0) is 24.4 Å². The van der Waals surface area contributed by atoms with Crippen LogP contribution in [0, 0.1) is 11.3 Å². The second-order valence-electron chi connectivity index (χ2n) is 19.0. The van der Waals surface area contributed by atoms with E-state index >= 15 is 0 Å². The van der Waals surface area contributed by atoms with E-state index < -0.39 is 74.9 Å². The lowest BCUT2D eigenvalue weighted by Gasteiger charge is -2.35. The summed E-state index contributed by atoms with van der Waals surface area (Å²) in [5.74, 6) is -1.71. The number of amides is 4. The van der Waals surface area contributed by atoms with Gasteiger partial charge in [-0.3, -0.25) is 9.59 Å². The number of urea groups is 1. The van der Waals surface area contributed by atoms with Crippen LogP contribution in [0.3, 0.4) is 0 Å². The maximum atomic E-state index is 15.0. The lowest BCUT2D eigenvalue weighted by molar-refractivity contribution is -0.145. The molecule has 19 heteroatoms. The van der Waals surface area contributed by atoms with Gasteiger partial charge < -0.3 is 40.7 Å². The second-order valence-corrected chi connectivity index (χ2v) is 21.9. The van der Waals surface area contributed by atoms with Gasteiger partial charge >= 0.3 is 12.0 Å². The Bertz CT molecular complexity index is 2600. The fourth-order valence-corrected chi connectivity index (χ4v) is 10.6. The fraction of sp³-hybridized carbons (Fsp3) is 0.500. The van der Waals surface area contributed by atoms with E-state index in [2.05, 4.69) is 21.3 Å². The van der Waals surface area contributed by atoms with Crippen molar-refractivity contribution < 1.29 is 42.2 Å². The normalized spacial score (nSPS) is 23.6. The number of ether oxygens (including phenoxy) is 2. The molecule has 360 valence electrons. The van der Waals surface area contributed by atoms with Gasteiger partial charge in [-0.1, -0.05) is 64.0 Å². The van der Waals surface area contributed by atoms with Gasteiger partial charge in [0.05, 0.1) is 29.8 Å². The number of benzene rings is 2. The molecule has 2 aliphatic heterocycles. The Labute approximate surface area is 396 Å². The third-order valence-corrected chi connectivity index (χ3v) is 15.2. The number of allylic oxidation sites excluding steroid dienone is 1. The van der Waals surface area contributed by atoms with Crippen molar-refractivity contribution in [1.29, 1.82) is 0 Å². The Morgan fingerprint density at radius 1 is 1.06 bits per heavy atom. The summed E-state index contributed by atoms with van der Waals surface area (Å²) in [4.78, 5) is 67.5. The quantitative estimate of drug-likeness (QED) is 0.0917. The lowest BCUT2D eigenvalue weighted by atomic mass is 9.87. The first kappa shape index (κ1) is 49.1. The van der Waals surface area contributed by atoms with Crippen LogP contribution in [0.15, 0.2) is 77.0 Å². The van der Waals surface area contributed by atoms with Crippen LogP contribution in [0.1, 0.15) is 79.6 Å². The van der Waals surface area contributed by atoms with Crippen LogP contribution < -0.4 is 30.7 Å². The van der Waals surface area contributed by atoms with Crippen molar-refractivity contribution >= 4 is 61.2 Å². The molecule has 1 unspecified atom stereocenters. The lowest BCUT2D eigenvalue weighted by Crippen LogP contribution is -2.59. The highest BCUT2D eigenvalue weighted by Gasteiger charge is 2.61. The Morgan fingerprint density at radius 2 is 1.82 bits per heavy atom. The van der Waals surface area contributed by atoms with Crippen LogP contribution in [0.5, 0.6) is 11.5 Å². The highest BCUT2D eigenvalue weighted by Crippen LogP contribution is 2.46. The highest BCUT2D eigenvalue weighted by atomic mass is 32.2. The summed E-state index contributed by atoms with van der Waals surface area (Å²) in [6.45, 7) is 9.59. The average Bonchev–Trinajstić information content (AvgIpc) is 3.54. The molecule has 2 fully saturated rings. The van der Waals surface area contributed by atoms with E-state index in [1.165, 1.54) is 39.7 Å². The Hall–Kier alpha value is -5.79. The van der Waals surface area contributed by atoms with Gasteiger partial charge in [0.25, 0.3) is 0 Å². The molecule has 67 heavy (non-hydrogen) atoms. The fourth-order valence-electron chi connectivity index (χ4n) is 8.58. The summed E-state index contributed by atoms with van der Waals surface area (Å²) in [5.41, 5.74) is -0.407. The van der Waals surface area contributed by atoms with Gasteiger partial charge in [-0.25, -0.2) is 28.0 Å². The number of carboxylic acids is 1. The number of nitrogens with one attached hydrogen (secondary N) is 4. The molecule has 0 bridgehead atoms. The van der Waals surface area contributed by atoms with Crippen molar-refractivity contribution in [2.75, 3.05) is 32.6 Å². The van der Waals surface area contributed by atoms with Crippen LogP contribution in [0.4, 0.5) is 9.93 Å². The van der Waals surface area contributed by atoms with E-state index in [1.54, 1.807) is 43.5 Å². The van der Waals surface area contributed by atoms with E-state index in [0.717, 1.165) is 18.0 Å². The van der Waals surface area contributed by atoms with Crippen molar-refractivity contribution in [3.05, 3.63) is 72.1 Å². The number of rotatable bonds is 13. The zero-order chi connectivity index (χ0) is 48.3. The zero-order valence-electron chi connectivity index (χ0n) is 39.1. The number of pyridine rings is 1. The van der Waals surface area contributed by atoms with Crippen LogP contribution >= 0.6 is 11.3 Å². The van der Waals surface area contributed by atoms with Gasteiger partial charge in [0.15, 0.2) is 5.13 Å². The van der Waals surface area contributed by atoms with E-state index in [-0.39, 0.29) is 43.3 Å². The van der Waals surface area contributed by atoms with Crippen molar-refractivity contribution in [2.24, 2.45) is 11.3 Å². The van der Waals surface area contributed by atoms with Crippen LogP contribution in [0.2, 0.25) is 0 Å². The van der Waals surface area contributed by atoms with Crippen molar-refractivity contribution in [2.45, 2.75) is 120 Å². The number of fused-ring (bicyclic) bond motifs is 3. The van der Waals surface area contributed by atoms with Crippen molar-refractivity contribution in [3.63, 3.8) is 0 Å².